The number of aryl methyl sites for hydroxylation is 2. The molecule has 0 unspecified atom stereocenters. The molecule has 0 aliphatic carbocycles. The van der Waals surface area contributed by atoms with E-state index < -0.39 is 6.10 Å². The number of ether oxygens (including phenoxy) is 2. The van der Waals surface area contributed by atoms with E-state index in [0.717, 1.165) is 16.8 Å². The number of nitrogens with zero attached hydrogens (tertiary/aromatic N) is 1. The third-order valence-electron chi connectivity index (χ3n) is 3.91. The fraction of sp³-hybridized carbons (Fsp3) is 0.263. The molecule has 0 aromatic heterocycles. The zero-order valence-corrected chi connectivity index (χ0v) is 14.0. The number of hydrazone groups is 1. The van der Waals surface area contributed by atoms with Gasteiger partial charge in [-0.15, -0.1) is 0 Å². The van der Waals surface area contributed by atoms with Crippen molar-refractivity contribution in [3.8, 4) is 11.5 Å². The first-order chi connectivity index (χ1) is 11.5. The molecule has 1 N–H and O–H groups in total. The first kappa shape index (κ1) is 16.1. The number of rotatable bonds is 3. The lowest BCUT2D eigenvalue weighted by Crippen LogP contribution is -2.42. The van der Waals surface area contributed by atoms with Crippen LogP contribution in [0.1, 0.15) is 23.6 Å². The average Bonchev–Trinajstić information content (AvgIpc) is 2.59. The Labute approximate surface area is 141 Å². The third-order valence-corrected chi connectivity index (χ3v) is 3.91. The minimum Gasteiger partial charge on any atom is -0.485 e. The average molecular weight is 324 g/mol. The van der Waals surface area contributed by atoms with Gasteiger partial charge in [-0.3, -0.25) is 4.79 Å². The Morgan fingerprint density at radius 2 is 1.92 bits per heavy atom. The van der Waals surface area contributed by atoms with Crippen molar-refractivity contribution in [1.82, 2.24) is 5.43 Å². The predicted molar refractivity (Wildman–Crippen MR) is 92.6 cm³/mol. The Morgan fingerprint density at radius 1 is 1.17 bits per heavy atom. The van der Waals surface area contributed by atoms with Gasteiger partial charge in [0.2, 0.25) is 6.10 Å². The van der Waals surface area contributed by atoms with E-state index in [4.69, 9.17) is 9.47 Å². The highest BCUT2D eigenvalue weighted by atomic mass is 16.6. The van der Waals surface area contributed by atoms with Crippen LogP contribution >= 0.6 is 0 Å². The summed E-state index contributed by atoms with van der Waals surface area (Å²) in [4.78, 5) is 12.3. The monoisotopic (exact) mass is 324 g/mol. The van der Waals surface area contributed by atoms with Crippen molar-refractivity contribution in [1.29, 1.82) is 0 Å². The maximum absolute atomic E-state index is 12.3. The Bertz CT molecular complexity index is 799. The third kappa shape index (κ3) is 3.40. The summed E-state index contributed by atoms with van der Waals surface area (Å²) in [7, 11) is 0. The summed E-state index contributed by atoms with van der Waals surface area (Å²) in [5, 5.41) is 4.20. The molecule has 5 heteroatoms. The summed E-state index contributed by atoms with van der Waals surface area (Å²) in [6.07, 6.45) is -0.712. The summed E-state index contributed by atoms with van der Waals surface area (Å²) >= 11 is 0. The van der Waals surface area contributed by atoms with Gasteiger partial charge in [0.1, 0.15) is 6.61 Å². The fourth-order valence-electron chi connectivity index (χ4n) is 2.64. The molecule has 3 rings (SSSR count). The highest BCUT2D eigenvalue weighted by Gasteiger charge is 2.27. The lowest BCUT2D eigenvalue weighted by molar-refractivity contribution is -0.130. The molecule has 0 bridgehead atoms. The second-order valence-electron chi connectivity index (χ2n) is 5.86. The van der Waals surface area contributed by atoms with Crippen LogP contribution in [0.25, 0.3) is 0 Å². The number of amides is 1. The standard InChI is InChI=1S/C19H20N2O3/c1-12-8-9-15(13(2)10-12)14(3)20-21-19(22)18-11-23-16-6-4-5-7-17(16)24-18/h4-10,18H,11H2,1-3H3,(H,21,22)/b20-14-/t18-/m1/s1. The van der Waals surface area contributed by atoms with E-state index in [2.05, 4.69) is 16.6 Å². The Morgan fingerprint density at radius 3 is 2.67 bits per heavy atom. The molecule has 2 aromatic carbocycles. The first-order valence-electron chi connectivity index (χ1n) is 7.85. The van der Waals surface area contributed by atoms with E-state index in [1.807, 2.05) is 51.1 Å². The molecule has 1 heterocycles. The van der Waals surface area contributed by atoms with Crippen LogP contribution in [0.5, 0.6) is 11.5 Å². The zero-order valence-electron chi connectivity index (χ0n) is 14.0. The molecular weight excluding hydrogens is 304 g/mol. The van der Waals surface area contributed by atoms with Gasteiger partial charge in [0.25, 0.3) is 5.91 Å². The second-order valence-corrected chi connectivity index (χ2v) is 5.86. The highest BCUT2D eigenvalue weighted by molar-refractivity contribution is 6.00. The molecule has 1 aliphatic heterocycles. The van der Waals surface area contributed by atoms with Gasteiger partial charge < -0.3 is 9.47 Å². The number of carbonyl (C=O) groups excluding carboxylic acids is 1. The van der Waals surface area contributed by atoms with Crippen molar-refractivity contribution in [2.24, 2.45) is 5.10 Å². The van der Waals surface area contributed by atoms with Crippen LogP contribution in [-0.4, -0.2) is 24.3 Å². The lowest BCUT2D eigenvalue weighted by Gasteiger charge is -2.24. The van der Waals surface area contributed by atoms with Gasteiger partial charge in [-0.1, -0.05) is 35.9 Å². The van der Waals surface area contributed by atoms with E-state index >= 15 is 0 Å². The maximum atomic E-state index is 12.3. The molecule has 0 radical (unpaired) electrons. The minimum atomic E-state index is -0.712. The summed E-state index contributed by atoms with van der Waals surface area (Å²) in [6.45, 7) is 6.11. The van der Waals surface area contributed by atoms with Crippen molar-refractivity contribution >= 4 is 11.6 Å². The minimum absolute atomic E-state index is 0.168. The van der Waals surface area contributed by atoms with Crippen LogP contribution in [0.15, 0.2) is 47.6 Å². The van der Waals surface area contributed by atoms with E-state index in [1.54, 1.807) is 6.07 Å². The number of carbonyl (C=O) groups is 1. The molecule has 0 fully saturated rings. The highest BCUT2D eigenvalue weighted by Crippen LogP contribution is 2.30. The van der Waals surface area contributed by atoms with Crippen molar-refractivity contribution in [2.45, 2.75) is 26.9 Å². The molecule has 0 saturated carbocycles. The summed E-state index contributed by atoms with van der Waals surface area (Å²) in [6, 6.07) is 13.4. The number of nitrogens with one attached hydrogen (secondary N) is 1. The number of fused-ring (bicyclic) bond motifs is 1. The van der Waals surface area contributed by atoms with Crippen LogP contribution in [-0.2, 0) is 4.79 Å². The Balaban J connectivity index is 1.67. The smallest absolute Gasteiger partial charge is 0.284 e. The predicted octanol–water partition coefficient (Wildman–Crippen LogP) is 2.98. The van der Waals surface area contributed by atoms with Gasteiger partial charge in [-0.2, -0.15) is 5.10 Å². The number of hydrogen-bond donors (Lipinski definition) is 1. The van der Waals surface area contributed by atoms with Gasteiger partial charge in [0.05, 0.1) is 5.71 Å². The Kier molecular flexibility index (Phi) is 4.51. The van der Waals surface area contributed by atoms with Gasteiger partial charge in [0.15, 0.2) is 11.5 Å². The first-order valence-corrected chi connectivity index (χ1v) is 7.85. The maximum Gasteiger partial charge on any atom is 0.284 e. The van der Waals surface area contributed by atoms with Crippen molar-refractivity contribution in [3.05, 3.63) is 59.2 Å². The largest absolute Gasteiger partial charge is 0.485 e. The van der Waals surface area contributed by atoms with Crippen molar-refractivity contribution in [3.63, 3.8) is 0 Å². The zero-order chi connectivity index (χ0) is 17.1. The Hall–Kier alpha value is -2.82. The molecule has 1 amide bonds. The lowest BCUT2D eigenvalue weighted by atomic mass is 10.0. The molecule has 0 saturated heterocycles. The molecule has 0 spiro atoms. The van der Waals surface area contributed by atoms with E-state index in [-0.39, 0.29) is 12.5 Å². The van der Waals surface area contributed by atoms with Gasteiger partial charge in [0, 0.05) is 5.56 Å². The topological polar surface area (TPSA) is 59.9 Å². The van der Waals surface area contributed by atoms with Crippen LogP contribution in [0.3, 0.4) is 0 Å². The molecule has 124 valence electrons. The summed E-state index contributed by atoms with van der Waals surface area (Å²) in [5.41, 5.74) is 6.64. The molecular formula is C19H20N2O3. The molecule has 1 atom stereocenters. The fourth-order valence-corrected chi connectivity index (χ4v) is 2.64. The van der Waals surface area contributed by atoms with Crippen molar-refractivity contribution < 1.29 is 14.3 Å². The number of hydrogen-bond acceptors (Lipinski definition) is 4. The van der Waals surface area contributed by atoms with Crippen LogP contribution in [0, 0.1) is 13.8 Å². The summed E-state index contributed by atoms with van der Waals surface area (Å²) < 4.78 is 11.2. The number of para-hydroxylation sites is 2. The van der Waals surface area contributed by atoms with E-state index in [9.17, 15) is 4.79 Å². The van der Waals surface area contributed by atoms with Crippen LogP contribution in [0.2, 0.25) is 0 Å². The van der Waals surface area contributed by atoms with Crippen LogP contribution < -0.4 is 14.9 Å². The molecule has 24 heavy (non-hydrogen) atoms. The summed E-state index contributed by atoms with van der Waals surface area (Å²) in [5.74, 6) is 0.893. The van der Waals surface area contributed by atoms with Gasteiger partial charge >= 0.3 is 0 Å². The quantitative estimate of drug-likeness (QED) is 0.697. The molecule has 5 nitrogen and oxygen atoms in total. The van der Waals surface area contributed by atoms with E-state index in [0.29, 0.717) is 11.5 Å². The van der Waals surface area contributed by atoms with Gasteiger partial charge in [-0.25, -0.2) is 5.43 Å². The second kappa shape index (κ2) is 6.74. The van der Waals surface area contributed by atoms with Crippen LogP contribution in [0.4, 0.5) is 0 Å². The molecule has 2 aromatic rings. The normalized spacial score (nSPS) is 16.6. The SMILES string of the molecule is C/C(=N/NC(=O)[C@H]1COc2ccccc2O1)c1ccc(C)cc1C. The molecule has 1 aliphatic rings. The van der Waals surface area contributed by atoms with Gasteiger partial charge in [-0.05, 0) is 38.5 Å². The van der Waals surface area contributed by atoms with Crippen molar-refractivity contribution in [2.75, 3.05) is 6.61 Å². The number of benzene rings is 2. The van der Waals surface area contributed by atoms with E-state index in [1.165, 1.54) is 5.56 Å².